The molecule has 1 saturated heterocycles. The Morgan fingerprint density at radius 1 is 1.24 bits per heavy atom. The van der Waals surface area contributed by atoms with E-state index >= 15 is 0 Å². The maximum absolute atomic E-state index is 12.3. The van der Waals surface area contributed by atoms with Gasteiger partial charge in [0.25, 0.3) is 0 Å². The number of aryl methyl sites for hydroxylation is 1. The van der Waals surface area contributed by atoms with Crippen molar-refractivity contribution in [2.24, 2.45) is 0 Å². The molecule has 1 fully saturated rings. The number of nitrogens with zero attached hydrogens (tertiary/aromatic N) is 3. The molecular formula is C26H29N3O4. The minimum atomic E-state index is -0.490. The molecule has 1 amide bonds. The van der Waals surface area contributed by atoms with Gasteiger partial charge in [0.1, 0.15) is 23.6 Å². The summed E-state index contributed by atoms with van der Waals surface area (Å²) in [4.78, 5) is 18.8. The van der Waals surface area contributed by atoms with E-state index in [1.54, 1.807) is 11.0 Å². The van der Waals surface area contributed by atoms with Crippen molar-refractivity contribution < 1.29 is 18.7 Å². The van der Waals surface area contributed by atoms with Gasteiger partial charge < -0.3 is 18.8 Å². The monoisotopic (exact) mass is 447 g/mol. The van der Waals surface area contributed by atoms with Crippen LogP contribution in [-0.4, -0.2) is 34.7 Å². The van der Waals surface area contributed by atoms with Crippen LogP contribution < -0.4 is 4.74 Å². The largest absolute Gasteiger partial charge is 0.473 e. The Bertz CT molecular complexity index is 1190. The molecule has 7 nitrogen and oxygen atoms in total. The molecule has 2 aromatic heterocycles. The second kappa shape index (κ2) is 9.14. The van der Waals surface area contributed by atoms with Gasteiger partial charge in [0.05, 0.1) is 11.6 Å². The standard InChI is InChI=1S/C26H29N3O4/c1-17-14-21-19(15-27)8-9-20(24(21)32-17)16-31-23-7-5-6-22(28-23)18-10-12-29(13-11-18)25(30)33-26(2,3)4/h5-9,14,18H,10-13,16H2,1-4H3. The van der Waals surface area contributed by atoms with Crippen molar-refractivity contribution in [3.8, 4) is 11.9 Å². The number of hydrogen-bond acceptors (Lipinski definition) is 6. The molecule has 3 aromatic rings. The number of likely N-dealkylation sites (tertiary alicyclic amines) is 1. The number of amides is 1. The summed E-state index contributed by atoms with van der Waals surface area (Å²) in [7, 11) is 0. The van der Waals surface area contributed by atoms with Crippen LogP contribution in [0.4, 0.5) is 4.79 Å². The van der Waals surface area contributed by atoms with E-state index in [-0.39, 0.29) is 12.0 Å². The molecule has 0 atom stereocenters. The van der Waals surface area contributed by atoms with Crippen LogP contribution in [0.5, 0.6) is 5.88 Å². The Kier molecular flexibility index (Phi) is 6.28. The van der Waals surface area contributed by atoms with E-state index in [9.17, 15) is 10.1 Å². The highest BCUT2D eigenvalue weighted by Crippen LogP contribution is 2.30. The van der Waals surface area contributed by atoms with E-state index < -0.39 is 5.60 Å². The summed E-state index contributed by atoms with van der Waals surface area (Å²) in [6.07, 6.45) is 1.41. The quantitative estimate of drug-likeness (QED) is 0.510. The fraction of sp³-hybridized carbons (Fsp3) is 0.423. The molecule has 0 unspecified atom stereocenters. The molecule has 4 rings (SSSR count). The average Bonchev–Trinajstić information content (AvgIpc) is 3.18. The number of benzene rings is 1. The van der Waals surface area contributed by atoms with Gasteiger partial charge in [-0.2, -0.15) is 5.26 Å². The van der Waals surface area contributed by atoms with Gasteiger partial charge in [0, 0.05) is 41.7 Å². The lowest BCUT2D eigenvalue weighted by Gasteiger charge is -2.33. The van der Waals surface area contributed by atoms with Gasteiger partial charge in [-0.05, 0) is 58.7 Å². The van der Waals surface area contributed by atoms with E-state index in [1.165, 1.54) is 0 Å². The van der Waals surface area contributed by atoms with Crippen molar-refractivity contribution in [3.63, 3.8) is 0 Å². The lowest BCUT2D eigenvalue weighted by atomic mass is 9.93. The number of pyridine rings is 1. The number of nitriles is 1. The maximum atomic E-state index is 12.3. The maximum Gasteiger partial charge on any atom is 0.410 e. The zero-order valence-electron chi connectivity index (χ0n) is 19.6. The number of furan rings is 1. The number of ether oxygens (including phenoxy) is 2. The first-order chi connectivity index (χ1) is 15.7. The Hall–Kier alpha value is -3.53. The summed E-state index contributed by atoms with van der Waals surface area (Å²) in [6, 6.07) is 13.5. The molecule has 0 spiro atoms. The molecule has 3 heterocycles. The predicted molar refractivity (Wildman–Crippen MR) is 124 cm³/mol. The highest BCUT2D eigenvalue weighted by atomic mass is 16.6. The third-order valence-corrected chi connectivity index (χ3v) is 5.69. The number of fused-ring (bicyclic) bond motifs is 1. The van der Waals surface area contributed by atoms with E-state index in [0.717, 1.165) is 35.2 Å². The van der Waals surface area contributed by atoms with Gasteiger partial charge in [0.15, 0.2) is 0 Å². The van der Waals surface area contributed by atoms with Crippen molar-refractivity contribution in [3.05, 3.63) is 59.0 Å². The molecule has 1 aliphatic rings. The molecule has 172 valence electrons. The van der Waals surface area contributed by atoms with Crippen LogP contribution in [0, 0.1) is 18.3 Å². The van der Waals surface area contributed by atoms with Gasteiger partial charge in [-0.15, -0.1) is 0 Å². The third kappa shape index (κ3) is 5.28. The minimum absolute atomic E-state index is 0.257. The van der Waals surface area contributed by atoms with E-state index in [1.807, 2.05) is 58.0 Å². The summed E-state index contributed by atoms with van der Waals surface area (Å²) in [5.74, 6) is 1.57. The molecule has 0 N–H and O–H groups in total. The molecule has 0 aliphatic carbocycles. The molecular weight excluding hydrogens is 418 g/mol. The molecule has 7 heteroatoms. The fourth-order valence-corrected chi connectivity index (χ4v) is 4.09. The highest BCUT2D eigenvalue weighted by molar-refractivity contribution is 5.86. The molecule has 0 saturated carbocycles. The normalized spacial score (nSPS) is 14.8. The van der Waals surface area contributed by atoms with E-state index in [4.69, 9.17) is 18.9 Å². The van der Waals surface area contributed by atoms with Crippen molar-refractivity contribution in [1.29, 1.82) is 5.26 Å². The topological polar surface area (TPSA) is 88.6 Å². The molecule has 1 aromatic carbocycles. The number of aromatic nitrogens is 1. The second-order valence-electron chi connectivity index (χ2n) is 9.41. The first-order valence-electron chi connectivity index (χ1n) is 11.2. The van der Waals surface area contributed by atoms with E-state index in [2.05, 4.69) is 6.07 Å². The fourth-order valence-electron chi connectivity index (χ4n) is 4.09. The number of carbonyl (C=O) groups excluding carboxylic acids is 1. The third-order valence-electron chi connectivity index (χ3n) is 5.69. The van der Waals surface area contributed by atoms with Crippen LogP contribution >= 0.6 is 0 Å². The number of carbonyl (C=O) groups is 1. The molecule has 0 bridgehead atoms. The Morgan fingerprint density at radius 2 is 2.00 bits per heavy atom. The van der Waals surface area contributed by atoms with Crippen LogP contribution in [0.2, 0.25) is 0 Å². The van der Waals surface area contributed by atoms with Crippen LogP contribution in [0.25, 0.3) is 11.0 Å². The summed E-state index contributed by atoms with van der Waals surface area (Å²) in [6.45, 7) is 9.09. The number of piperidine rings is 1. The average molecular weight is 448 g/mol. The van der Waals surface area contributed by atoms with Crippen molar-refractivity contribution >= 4 is 17.1 Å². The first-order valence-corrected chi connectivity index (χ1v) is 11.2. The van der Waals surface area contributed by atoms with Gasteiger partial charge in [-0.1, -0.05) is 12.1 Å². The van der Waals surface area contributed by atoms with Crippen molar-refractivity contribution in [2.45, 2.75) is 58.7 Å². The van der Waals surface area contributed by atoms with Crippen LogP contribution in [-0.2, 0) is 11.3 Å². The van der Waals surface area contributed by atoms with Gasteiger partial charge in [0.2, 0.25) is 5.88 Å². The van der Waals surface area contributed by atoms with Gasteiger partial charge in [-0.3, -0.25) is 0 Å². The van der Waals surface area contributed by atoms with Crippen molar-refractivity contribution in [1.82, 2.24) is 9.88 Å². The Balaban J connectivity index is 1.40. The number of rotatable bonds is 4. The van der Waals surface area contributed by atoms with Gasteiger partial charge >= 0.3 is 6.09 Å². The second-order valence-corrected chi connectivity index (χ2v) is 9.41. The highest BCUT2D eigenvalue weighted by Gasteiger charge is 2.28. The Morgan fingerprint density at radius 3 is 2.70 bits per heavy atom. The molecule has 33 heavy (non-hydrogen) atoms. The molecule has 0 radical (unpaired) electrons. The predicted octanol–water partition coefficient (Wildman–Crippen LogP) is 5.70. The summed E-state index contributed by atoms with van der Waals surface area (Å²) in [5.41, 5.74) is 2.61. The smallest absolute Gasteiger partial charge is 0.410 e. The van der Waals surface area contributed by atoms with Crippen molar-refractivity contribution in [2.75, 3.05) is 13.1 Å². The van der Waals surface area contributed by atoms with Gasteiger partial charge in [-0.25, -0.2) is 9.78 Å². The summed E-state index contributed by atoms with van der Waals surface area (Å²) < 4.78 is 17.3. The van der Waals surface area contributed by atoms with Crippen LogP contribution in [0.1, 0.15) is 62.1 Å². The van der Waals surface area contributed by atoms with Crippen LogP contribution in [0.3, 0.4) is 0 Å². The zero-order valence-corrected chi connectivity index (χ0v) is 19.6. The van der Waals surface area contributed by atoms with E-state index in [0.29, 0.717) is 36.7 Å². The Labute approximate surface area is 193 Å². The lowest BCUT2D eigenvalue weighted by molar-refractivity contribution is 0.0204. The summed E-state index contributed by atoms with van der Waals surface area (Å²) in [5, 5.41) is 10.1. The number of hydrogen-bond donors (Lipinski definition) is 0. The minimum Gasteiger partial charge on any atom is -0.473 e. The summed E-state index contributed by atoms with van der Waals surface area (Å²) >= 11 is 0. The zero-order chi connectivity index (χ0) is 23.6. The van der Waals surface area contributed by atoms with Crippen LogP contribution in [0.15, 0.2) is 40.8 Å². The molecule has 1 aliphatic heterocycles. The lowest BCUT2D eigenvalue weighted by Crippen LogP contribution is -2.41. The first kappa shape index (κ1) is 22.7. The SMILES string of the molecule is Cc1cc2c(C#N)ccc(COc3cccc(C4CCN(C(=O)OC(C)(C)C)CC4)n3)c2o1.